The first-order valence-electron chi connectivity index (χ1n) is 9.16. The van der Waals surface area contributed by atoms with Crippen LogP contribution in [0, 0.1) is 18.3 Å². The smallest absolute Gasteiger partial charge is 0.339 e. The second kappa shape index (κ2) is 8.85. The number of ether oxygens (including phenoxy) is 1. The van der Waals surface area contributed by atoms with E-state index in [4.69, 9.17) is 4.74 Å². The molecular formula is C24H20N2O3. The zero-order valence-electron chi connectivity index (χ0n) is 16.2. The quantitative estimate of drug-likeness (QED) is 0.646. The lowest BCUT2D eigenvalue weighted by atomic mass is 9.96. The number of nitrogens with one attached hydrogen (secondary N) is 1. The van der Waals surface area contributed by atoms with Crippen molar-refractivity contribution < 1.29 is 14.3 Å². The Bertz CT molecular complexity index is 1100. The van der Waals surface area contributed by atoms with Gasteiger partial charge in [-0.2, -0.15) is 5.26 Å². The van der Waals surface area contributed by atoms with E-state index in [0.29, 0.717) is 27.9 Å². The van der Waals surface area contributed by atoms with Gasteiger partial charge in [-0.3, -0.25) is 4.79 Å². The Balaban J connectivity index is 1.79. The van der Waals surface area contributed by atoms with Gasteiger partial charge in [0.25, 0.3) is 5.91 Å². The van der Waals surface area contributed by atoms with Gasteiger partial charge in [0.15, 0.2) is 6.10 Å². The second-order valence-corrected chi connectivity index (χ2v) is 6.61. The number of benzene rings is 3. The Morgan fingerprint density at radius 2 is 1.66 bits per heavy atom. The summed E-state index contributed by atoms with van der Waals surface area (Å²) in [7, 11) is 0. The molecule has 0 saturated carbocycles. The zero-order valence-corrected chi connectivity index (χ0v) is 16.2. The molecule has 3 rings (SSSR count). The molecule has 0 saturated heterocycles. The number of anilines is 1. The van der Waals surface area contributed by atoms with E-state index < -0.39 is 18.0 Å². The predicted molar refractivity (Wildman–Crippen MR) is 111 cm³/mol. The van der Waals surface area contributed by atoms with E-state index in [1.165, 1.54) is 6.92 Å². The van der Waals surface area contributed by atoms with Gasteiger partial charge in [0.1, 0.15) is 0 Å². The van der Waals surface area contributed by atoms with Gasteiger partial charge in [-0.15, -0.1) is 0 Å². The molecule has 0 aliphatic heterocycles. The Labute approximate surface area is 169 Å². The van der Waals surface area contributed by atoms with E-state index in [0.717, 1.165) is 5.56 Å². The number of hydrogen-bond acceptors (Lipinski definition) is 4. The van der Waals surface area contributed by atoms with Crippen molar-refractivity contribution in [3.8, 4) is 17.2 Å². The lowest BCUT2D eigenvalue weighted by Gasteiger charge is -2.16. The van der Waals surface area contributed by atoms with Gasteiger partial charge in [0, 0.05) is 11.3 Å². The van der Waals surface area contributed by atoms with Gasteiger partial charge in [-0.1, -0.05) is 48.5 Å². The van der Waals surface area contributed by atoms with Crippen LogP contribution in [0.2, 0.25) is 0 Å². The van der Waals surface area contributed by atoms with Crippen molar-refractivity contribution >= 4 is 17.6 Å². The number of hydrogen-bond donors (Lipinski definition) is 1. The average molecular weight is 384 g/mol. The van der Waals surface area contributed by atoms with Crippen LogP contribution in [-0.4, -0.2) is 18.0 Å². The van der Waals surface area contributed by atoms with E-state index >= 15 is 0 Å². The van der Waals surface area contributed by atoms with Crippen molar-refractivity contribution in [3.63, 3.8) is 0 Å². The molecule has 0 aliphatic rings. The summed E-state index contributed by atoms with van der Waals surface area (Å²) in [6.07, 6.45) is -0.984. The van der Waals surface area contributed by atoms with Crippen molar-refractivity contribution in [2.45, 2.75) is 20.0 Å². The molecule has 0 heterocycles. The van der Waals surface area contributed by atoms with Crippen molar-refractivity contribution in [2.24, 2.45) is 0 Å². The monoisotopic (exact) mass is 384 g/mol. The van der Waals surface area contributed by atoms with Gasteiger partial charge in [0.05, 0.1) is 17.2 Å². The lowest BCUT2D eigenvalue weighted by molar-refractivity contribution is -0.123. The van der Waals surface area contributed by atoms with Gasteiger partial charge in [-0.25, -0.2) is 4.79 Å². The first kappa shape index (κ1) is 19.8. The average Bonchev–Trinajstić information content (AvgIpc) is 2.73. The van der Waals surface area contributed by atoms with E-state index in [9.17, 15) is 14.9 Å². The highest BCUT2D eigenvalue weighted by Crippen LogP contribution is 2.27. The number of nitrogens with zero attached hydrogens (tertiary/aromatic N) is 1. The highest BCUT2D eigenvalue weighted by molar-refractivity contribution is 6.01. The summed E-state index contributed by atoms with van der Waals surface area (Å²) in [6, 6.07) is 23.4. The van der Waals surface area contributed by atoms with Crippen LogP contribution in [0.1, 0.15) is 28.4 Å². The van der Waals surface area contributed by atoms with Crippen LogP contribution in [-0.2, 0) is 9.53 Å². The van der Waals surface area contributed by atoms with Gasteiger partial charge in [-0.05, 0) is 49.2 Å². The SMILES string of the molecule is Cc1cccc(NC(=O)[C@H](C)OC(=O)c2ccccc2-c2ccccc2C#N)c1. The van der Waals surface area contributed by atoms with Gasteiger partial charge in [0.2, 0.25) is 0 Å². The third kappa shape index (κ3) is 4.69. The number of aryl methyl sites for hydroxylation is 1. The molecule has 0 fully saturated rings. The van der Waals surface area contributed by atoms with Crippen molar-refractivity contribution in [3.05, 3.63) is 89.5 Å². The summed E-state index contributed by atoms with van der Waals surface area (Å²) in [4.78, 5) is 25.2. The standard InChI is InChI=1S/C24H20N2O3/c1-16-8-7-10-19(14-16)26-23(27)17(2)29-24(28)22-13-6-5-12-21(22)20-11-4-3-9-18(20)15-25/h3-14,17H,1-2H3,(H,26,27)/t17-/m0/s1. The first-order chi connectivity index (χ1) is 14.0. The molecule has 1 amide bonds. The van der Waals surface area contributed by atoms with Crippen LogP contribution in [0.15, 0.2) is 72.8 Å². The van der Waals surface area contributed by atoms with E-state index in [1.54, 1.807) is 54.6 Å². The van der Waals surface area contributed by atoms with E-state index in [2.05, 4.69) is 11.4 Å². The Kier molecular flexibility index (Phi) is 6.06. The van der Waals surface area contributed by atoms with Crippen LogP contribution in [0.3, 0.4) is 0 Å². The van der Waals surface area contributed by atoms with Crippen LogP contribution in [0.4, 0.5) is 5.69 Å². The molecule has 0 bridgehead atoms. The molecule has 144 valence electrons. The van der Waals surface area contributed by atoms with Crippen molar-refractivity contribution in [2.75, 3.05) is 5.32 Å². The number of carbonyl (C=O) groups excluding carboxylic acids is 2. The molecule has 5 nitrogen and oxygen atoms in total. The number of rotatable bonds is 5. The molecule has 0 radical (unpaired) electrons. The lowest BCUT2D eigenvalue weighted by Crippen LogP contribution is -2.30. The van der Waals surface area contributed by atoms with Gasteiger partial charge >= 0.3 is 5.97 Å². The summed E-state index contributed by atoms with van der Waals surface area (Å²) < 4.78 is 5.40. The summed E-state index contributed by atoms with van der Waals surface area (Å²) in [5.74, 6) is -1.04. The highest BCUT2D eigenvalue weighted by atomic mass is 16.5. The fourth-order valence-corrected chi connectivity index (χ4v) is 2.96. The second-order valence-electron chi connectivity index (χ2n) is 6.61. The Hall–Kier alpha value is -3.91. The molecule has 1 atom stereocenters. The molecule has 0 aliphatic carbocycles. The summed E-state index contributed by atoms with van der Waals surface area (Å²) in [5, 5.41) is 12.1. The molecular weight excluding hydrogens is 364 g/mol. The topological polar surface area (TPSA) is 79.2 Å². The number of carbonyl (C=O) groups is 2. The highest BCUT2D eigenvalue weighted by Gasteiger charge is 2.22. The maximum absolute atomic E-state index is 12.8. The van der Waals surface area contributed by atoms with E-state index in [-0.39, 0.29) is 0 Å². The maximum atomic E-state index is 12.8. The normalized spacial score (nSPS) is 11.2. The molecule has 3 aromatic rings. The summed E-state index contributed by atoms with van der Waals surface area (Å²) in [6.45, 7) is 3.45. The number of amides is 1. The Morgan fingerprint density at radius 1 is 0.966 bits per heavy atom. The van der Waals surface area contributed by atoms with Gasteiger partial charge < -0.3 is 10.1 Å². The summed E-state index contributed by atoms with van der Waals surface area (Å²) >= 11 is 0. The molecule has 29 heavy (non-hydrogen) atoms. The predicted octanol–water partition coefficient (Wildman–Crippen LogP) is 4.72. The largest absolute Gasteiger partial charge is 0.449 e. The fourth-order valence-electron chi connectivity index (χ4n) is 2.96. The number of nitriles is 1. The molecule has 3 aromatic carbocycles. The Morgan fingerprint density at radius 3 is 2.38 bits per heavy atom. The molecule has 1 N–H and O–H groups in total. The summed E-state index contributed by atoms with van der Waals surface area (Å²) in [5.41, 5.74) is 3.63. The van der Waals surface area contributed by atoms with Crippen LogP contribution in [0.5, 0.6) is 0 Å². The van der Waals surface area contributed by atoms with Crippen molar-refractivity contribution in [1.29, 1.82) is 5.26 Å². The maximum Gasteiger partial charge on any atom is 0.339 e. The third-order valence-corrected chi connectivity index (χ3v) is 4.42. The molecule has 0 spiro atoms. The van der Waals surface area contributed by atoms with Crippen LogP contribution in [0.25, 0.3) is 11.1 Å². The van der Waals surface area contributed by atoms with Crippen molar-refractivity contribution in [1.82, 2.24) is 0 Å². The minimum atomic E-state index is -0.984. The zero-order chi connectivity index (χ0) is 20.8. The molecule has 0 aromatic heterocycles. The molecule has 5 heteroatoms. The third-order valence-electron chi connectivity index (χ3n) is 4.42. The fraction of sp³-hybridized carbons (Fsp3) is 0.125. The van der Waals surface area contributed by atoms with Crippen LogP contribution < -0.4 is 5.32 Å². The minimum absolute atomic E-state index is 0.297. The first-order valence-corrected chi connectivity index (χ1v) is 9.16. The minimum Gasteiger partial charge on any atom is -0.449 e. The van der Waals surface area contributed by atoms with E-state index in [1.807, 2.05) is 25.1 Å². The molecule has 0 unspecified atom stereocenters. The van der Waals surface area contributed by atoms with Crippen LogP contribution >= 0.6 is 0 Å². The number of esters is 1.